The number of fused-ring (bicyclic) bond motifs is 14. The van der Waals surface area contributed by atoms with Crippen molar-refractivity contribution < 1.29 is 54.4 Å². The second-order valence-corrected chi connectivity index (χ2v) is 17.2. The van der Waals surface area contributed by atoms with Crippen molar-refractivity contribution in [1.82, 2.24) is 9.91 Å². The average molecular weight is 835 g/mol. The first-order valence-corrected chi connectivity index (χ1v) is 21.0. The van der Waals surface area contributed by atoms with E-state index in [4.69, 9.17) is 14.2 Å². The van der Waals surface area contributed by atoms with Crippen LogP contribution < -0.4 is 10.1 Å². The maximum absolute atomic E-state index is 14.4. The number of carbonyl (C=O) groups excluding carboxylic acids is 2. The number of phenolic OH excluding ortho intramolecular Hbond substituents is 3. The largest absolute Gasteiger partial charge is 0.507 e. The second kappa shape index (κ2) is 18.1. The molecule has 1 unspecified atom stereocenters. The van der Waals surface area contributed by atoms with Crippen molar-refractivity contribution in [2.75, 3.05) is 38.6 Å². The lowest BCUT2D eigenvalue weighted by Crippen LogP contribution is -2.47. The van der Waals surface area contributed by atoms with E-state index in [0.29, 0.717) is 19.1 Å². The number of methoxy groups -OCH3 is 1. The van der Waals surface area contributed by atoms with E-state index in [0.717, 1.165) is 13.1 Å². The molecule has 1 saturated carbocycles. The van der Waals surface area contributed by atoms with Gasteiger partial charge in [-0.3, -0.25) is 19.5 Å². The number of ether oxygens (including phenoxy) is 3. The summed E-state index contributed by atoms with van der Waals surface area (Å²) in [6.45, 7) is 14.1. The number of rotatable bonds is 4. The number of hydrogen-bond donors (Lipinski definition) is 7. The molecule has 7 N–H and O–H groups in total. The SMILES string of the molecule is CO[C@H]1/C=C\OC2(C)Oc3c(C)c(O)c4c(O)c(c(/C=N/N5CCN(C6CCCC6)CC5)c(O)c4c3C2=O)NC(=O)/C(C)=C\C=C/[C@H](C)[C@H](O)[C@@H](C)[C@@H](O)[C@@H](C)[C@H](O)[C@@H]1C. The predicted molar refractivity (Wildman–Crippen MR) is 227 cm³/mol. The van der Waals surface area contributed by atoms with Gasteiger partial charge >= 0.3 is 5.79 Å². The number of hydrazone groups is 1. The zero-order chi connectivity index (χ0) is 43.8. The lowest BCUT2D eigenvalue weighted by atomic mass is 9.78. The van der Waals surface area contributed by atoms with Crippen LogP contribution in [0.5, 0.6) is 23.0 Å². The predicted octanol–water partition coefficient (Wildman–Crippen LogP) is 5.08. The summed E-state index contributed by atoms with van der Waals surface area (Å²) >= 11 is 0. The van der Waals surface area contributed by atoms with Crippen molar-refractivity contribution in [3.05, 3.63) is 52.8 Å². The summed E-state index contributed by atoms with van der Waals surface area (Å²) in [4.78, 5) is 30.7. The minimum absolute atomic E-state index is 0.0742. The molecule has 1 aliphatic carbocycles. The topological polar surface area (TPSA) is 214 Å². The van der Waals surface area contributed by atoms with Crippen LogP contribution in [0.25, 0.3) is 10.8 Å². The van der Waals surface area contributed by atoms with Gasteiger partial charge in [0, 0.05) is 86.4 Å². The highest BCUT2D eigenvalue weighted by molar-refractivity contribution is 6.23. The van der Waals surface area contributed by atoms with E-state index in [1.165, 1.54) is 71.3 Å². The first-order valence-electron chi connectivity index (χ1n) is 21.0. The minimum Gasteiger partial charge on any atom is -0.507 e. The summed E-state index contributed by atoms with van der Waals surface area (Å²) in [5, 5.41) is 78.4. The van der Waals surface area contributed by atoms with E-state index in [1.54, 1.807) is 46.8 Å². The number of aromatic hydroxyl groups is 3. The summed E-state index contributed by atoms with van der Waals surface area (Å²) in [6.07, 6.45) is 9.71. The number of benzene rings is 2. The Morgan fingerprint density at radius 1 is 0.867 bits per heavy atom. The Hall–Kier alpha value is -4.67. The summed E-state index contributed by atoms with van der Waals surface area (Å²) < 4.78 is 17.8. The molecule has 4 aliphatic heterocycles. The molecule has 5 aliphatic rings. The quantitative estimate of drug-likeness (QED) is 0.122. The van der Waals surface area contributed by atoms with Crippen LogP contribution >= 0.6 is 0 Å². The Balaban J connectivity index is 1.46. The van der Waals surface area contributed by atoms with Crippen LogP contribution in [-0.4, -0.2) is 128 Å². The van der Waals surface area contributed by atoms with Gasteiger partial charge in [0.2, 0.25) is 0 Å². The summed E-state index contributed by atoms with van der Waals surface area (Å²) in [7, 11) is 1.45. The number of hydrogen-bond acceptors (Lipinski definition) is 14. The standard InChI is InChI=1S/C45H62N4O11/c1-23-12-11-13-24(2)44(57)47-35-30(22-46-49-19-17-48(18-20-49)29-14-9-10-15-29)40(54)32-33(41(35)55)39(53)28(6)42-34(32)43(56)45(7,60-42)59-21-16-31(58-8)25(3)37(51)27(5)38(52)26(4)36(23)50/h11-13,16,21-23,25-27,29,31,36-38,50-55H,9-10,14-15,17-20H2,1-8H3,(H,47,57)/b12-11-,21-16-,24-13-,46-22+/t23-,25+,26+,27-,31-,36-,37+,38+,45?/m0/s1. The lowest BCUT2D eigenvalue weighted by Gasteiger charge is -2.36. The van der Waals surface area contributed by atoms with Crippen molar-refractivity contribution in [3.63, 3.8) is 0 Å². The number of nitrogens with one attached hydrogen (secondary N) is 1. The molecule has 9 atom stereocenters. The Morgan fingerprint density at radius 2 is 1.50 bits per heavy atom. The van der Waals surface area contributed by atoms with Gasteiger partial charge in [0.05, 0.1) is 59.1 Å². The molecule has 0 aromatic heterocycles. The Kier molecular flexibility index (Phi) is 13.6. The van der Waals surface area contributed by atoms with Crippen LogP contribution in [0.1, 0.15) is 88.7 Å². The number of aliphatic hydroxyl groups is 3. The molecule has 15 nitrogen and oxygen atoms in total. The fraction of sp³-hybridized carbons (Fsp3) is 0.578. The fourth-order valence-electron chi connectivity index (χ4n) is 9.08. The highest BCUT2D eigenvalue weighted by Crippen LogP contribution is 2.55. The molecule has 1 amide bonds. The van der Waals surface area contributed by atoms with Gasteiger partial charge < -0.3 is 50.2 Å². The van der Waals surface area contributed by atoms with Crippen molar-refractivity contribution in [1.29, 1.82) is 0 Å². The van der Waals surface area contributed by atoms with Crippen molar-refractivity contribution in [2.45, 2.75) is 110 Å². The van der Waals surface area contributed by atoms with Gasteiger partial charge in [0.1, 0.15) is 17.2 Å². The highest BCUT2D eigenvalue weighted by atomic mass is 16.7. The van der Waals surface area contributed by atoms with Crippen molar-refractivity contribution >= 4 is 34.4 Å². The number of phenols is 3. The molecule has 2 aromatic carbocycles. The third kappa shape index (κ3) is 8.47. The number of piperazine rings is 1. The fourth-order valence-corrected chi connectivity index (χ4v) is 9.08. The molecular weight excluding hydrogens is 773 g/mol. The van der Waals surface area contributed by atoms with E-state index in [1.807, 2.05) is 5.01 Å². The van der Waals surface area contributed by atoms with Crippen LogP contribution in [0, 0.1) is 30.6 Å². The molecule has 2 fully saturated rings. The molecule has 1 saturated heterocycles. The Bertz CT molecular complexity index is 2070. The molecule has 2 aromatic rings. The zero-order valence-electron chi connectivity index (χ0n) is 35.9. The van der Waals surface area contributed by atoms with E-state index in [2.05, 4.69) is 15.3 Å². The number of Topliss-reactive ketones (excluding diaryl/α,β-unsaturated/α-hetero) is 1. The number of amides is 1. The van der Waals surface area contributed by atoms with E-state index < -0.39 is 82.8 Å². The van der Waals surface area contributed by atoms with Crippen LogP contribution in [0.15, 0.2) is 41.2 Å². The van der Waals surface area contributed by atoms with Gasteiger partial charge in [-0.25, -0.2) is 0 Å². The number of ketones is 1. The van der Waals surface area contributed by atoms with Gasteiger partial charge in [-0.15, -0.1) is 0 Å². The molecule has 5 bridgehead atoms. The van der Waals surface area contributed by atoms with Gasteiger partial charge in [-0.2, -0.15) is 5.10 Å². The molecule has 0 spiro atoms. The highest BCUT2D eigenvalue weighted by Gasteiger charge is 2.50. The summed E-state index contributed by atoms with van der Waals surface area (Å²) in [5.41, 5.74) is -0.233. The van der Waals surface area contributed by atoms with Crippen molar-refractivity contribution in [2.24, 2.45) is 28.8 Å². The van der Waals surface area contributed by atoms with Crippen molar-refractivity contribution in [3.8, 4) is 23.0 Å². The molecule has 15 heteroatoms. The third-order valence-corrected chi connectivity index (χ3v) is 13.3. The third-order valence-electron chi connectivity index (χ3n) is 13.3. The first kappa shape index (κ1) is 44.9. The monoisotopic (exact) mass is 834 g/mol. The molecule has 60 heavy (non-hydrogen) atoms. The number of aliphatic hydroxyl groups excluding tert-OH is 3. The molecular formula is C45H62N4O11. The summed E-state index contributed by atoms with van der Waals surface area (Å²) in [5.74, 6) is -7.52. The Labute approximate surface area is 351 Å². The van der Waals surface area contributed by atoms with Gasteiger partial charge in [0.15, 0.2) is 5.75 Å². The van der Waals surface area contributed by atoms with Gasteiger partial charge in [0.25, 0.3) is 11.7 Å². The Morgan fingerprint density at radius 3 is 2.15 bits per heavy atom. The van der Waals surface area contributed by atoms with Crippen LogP contribution in [-0.2, 0) is 14.3 Å². The lowest BCUT2D eigenvalue weighted by molar-refractivity contribution is -0.112. The van der Waals surface area contributed by atoms with Gasteiger partial charge in [-0.05, 0) is 32.8 Å². The van der Waals surface area contributed by atoms with Crippen LogP contribution in [0.4, 0.5) is 5.69 Å². The minimum atomic E-state index is -2.01. The molecule has 0 radical (unpaired) electrons. The smallest absolute Gasteiger partial charge is 0.312 e. The molecule has 328 valence electrons. The number of anilines is 1. The van der Waals surface area contributed by atoms with Crippen LogP contribution in [0.3, 0.4) is 0 Å². The average Bonchev–Trinajstić information content (AvgIpc) is 3.87. The van der Waals surface area contributed by atoms with Gasteiger partial charge in [-0.1, -0.05) is 58.8 Å². The maximum atomic E-state index is 14.4. The van der Waals surface area contributed by atoms with E-state index >= 15 is 0 Å². The molecule has 4 heterocycles. The van der Waals surface area contributed by atoms with E-state index in [9.17, 15) is 40.2 Å². The second-order valence-electron chi connectivity index (χ2n) is 17.2. The summed E-state index contributed by atoms with van der Waals surface area (Å²) in [6, 6.07) is 0.561. The molecule has 7 rings (SSSR count). The first-order chi connectivity index (χ1) is 28.4. The number of allylic oxidation sites excluding steroid dienone is 2. The van der Waals surface area contributed by atoms with E-state index in [-0.39, 0.29) is 44.5 Å². The number of nitrogens with zero attached hydrogens (tertiary/aromatic N) is 3. The number of carbonyl (C=O) groups is 2. The maximum Gasteiger partial charge on any atom is 0.312 e. The normalized spacial score (nSPS) is 33.5. The zero-order valence-corrected chi connectivity index (χ0v) is 35.9. The van der Waals surface area contributed by atoms with Crippen LogP contribution in [0.2, 0.25) is 0 Å².